The van der Waals surface area contributed by atoms with Crippen LogP contribution < -0.4 is 14.2 Å². The summed E-state index contributed by atoms with van der Waals surface area (Å²) in [6.07, 6.45) is 1.47. The van der Waals surface area contributed by atoms with Crippen LogP contribution in [0.1, 0.15) is 26.3 Å². The molecule has 4 rings (SSSR count). The second-order valence-electron chi connectivity index (χ2n) is 6.27. The highest BCUT2D eigenvalue weighted by atomic mass is 19.1. The Morgan fingerprint density at radius 2 is 1.83 bits per heavy atom. The molecule has 0 radical (unpaired) electrons. The zero-order valence-electron chi connectivity index (χ0n) is 15.3. The second kappa shape index (κ2) is 7.59. The van der Waals surface area contributed by atoms with E-state index in [1.807, 2.05) is 0 Å². The van der Waals surface area contributed by atoms with Crippen molar-refractivity contribution in [2.45, 2.75) is 0 Å². The topological polar surface area (TPSA) is 61.8 Å². The van der Waals surface area contributed by atoms with E-state index in [4.69, 9.17) is 14.2 Å². The van der Waals surface area contributed by atoms with Crippen molar-refractivity contribution in [2.75, 3.05) is 7.11 Å². The van der Waals surface area contributed by atoms with Gasteiger partial charge in [-0.15, -0.1) is 0 Å². The molecule has 0 bridgehead atoms. The Labute approximate surface area is 166 Å². The minimum Gasteiger partial charge on any atom is -0.497 e. The second-order valence-corrected chi connectivity index (χ2v) is 6.27. The molecule has 3 aromatic carbocycles. The van der Waals surface area contributed by atoms with E-state index >= 15 is 0 Å². The quantitative estimate of drug-likeness (QED) is 0.368. The molecule has 1 aliphatic heterocycles. The number of hydrogen-bond donors (Lipinski definition) is 0. The summed E-state index contributed by atoms with van der Waals surface area (Å²) in [5.41, 5.74) is 1.17. The van der Waals surface area contributed by atoms with Crippen LogP contribution >= 0.6 is 0 Å². The van der Waals surface area contributed by atoms with Gasteiger partial charge in [-0.1, -0.05) is 18.2 Å². The number of ketones is 1. The normalized spacial score (nSPS) is 13.7. The van der Waals surface area contributed by atoms with E-state index in [1.54, 1.807) is 36.4 Å². The molecule has 144 valence electrons. The third-order valence-corrected chi connectivity index (χ3v) is 4.30. The van der Waals surface area contributed by atoms with Gasteiger partial charge in [-0.25, -0.2) is 9.18 Å². The van der Waals surface area contributed by atoms with Crippen molar-refractivity contribution < 1.29 is 28.2 Å². The van der Waals surface area contributed by atoms with Crippen molar-refractivity contribution >= 4 is 17.8 Å². The van der Waals surface area contributed by atoms with Gasteiger partial charge in [0.05, 0.1) is 18.2 Å². The van der Waals surface area contributed by atoms with Crippen molar-refractivity contribution in [1.82, 2.24) is 0 Å². The molecule has 0 unspecified atom stereocenters. The monoisotopic (exact) mass is 390 g/mol. The van der Waals surface area contributed by atoms with Gasteiger partial charge in [0.25, 0.3) is 0 Å². The first-order valence-corrected chi connectivity index (χ1v) is 8.73. The molecule has 0 atom stereocenters. The molecule has 0 amide bonds. The van der Waals surface area contributed by atoms with Gasteiger partial charge in [-0.3, -0.25) is 4.79 Å². The predicted molar refractivity (Wildman–Crippen MR) is 104 cm³/mol. The van der Waals surface area contributed by atoms with Crippen LogP contribution in [-0.4, -0.2) is 18.9 Å². The number of carbonyl (C=O) groups excluding carboxylic acids is 2. The lowest BCUT2D eigenvalue weighted by Gasteiger charge is -2.07. The van der Waals surface area contributed by atoms with E-state index in [1.165, 1.54) is 43.5 Å². The summed E-state index contributed by atoms with van der Waals surface area (Å²) in [4.78, 5) is 24.9. The molecule has 0 aliphatic carbocycles. The Morgan fingerprint density at radius 1 is 1.00 bits per heavy atom. The third-order valence-electron chi connectivity index (χ3n) is 4.30. The number of ether oxygens (including phenoxy) is 3. The van der Waals surface area contributed by atoms with E-state index < -0.39 is 11.8 Å². The van der Waals surface area contributed by atoms with E-state index in [2.05, 4.69) is 0 Å². The average molecular weight is 390 g/mol. The van der Waals surface area contributed by atoms with Crippen LogP contribution in [0.2, 0.25) is 0 Å². The van der Waals surface area contributed by atoms with Crippen molar-refractivity contribution in [3.05, 3.63) is 95.0 Å². The van der Waals surface area contributed by atoms with Gasteiger partial charge in [-0.05, 0) is 54.1 Å². The first-order chi connectivity index (χ1) is 14.0. The number of esters is 1. The van der Waals surface area contributed by atoms with Crippen molar-refractivity contribution in [3.63, 3.8) is 0 Å². The Bertz CT molecular complexity index is 1150. The minimum atomic E-state index is -0.566. The van der Waals surface area contributed by atoms with E-state index in [0.29, 0.717) is 22.4 Å². The molecule has 29 heavy (non-hydrogen) atoms. The van der Waals surface area contributed by atoms with Crippen LogP contribution in [0.15, 0.2) is 72.5 Å². The Kier molecular flexibility index (Phi) is 4.83. The van der Waals surface area contributed by atoms with Gasteiger partial charge in [0, 0.05) is 6.07 Å². The molecule has 3 aromatic rings. The van der Waals surface area contributed by atoms with E-state index in [-0.39, 0.29) is 23.0 Å². The SMILES string of the molecule is COc1cccc(C(=O)Oc2ccc3c(c2)OC(=Cc2cccc(F)c2)C3=O)c1. The number of hydrogen-bond acceptors (Lipinski definition) is 5. The molecule has 0 spiro atoms. The van der Waals surface area contributed by atoms with E-state index in [9.17, 15) is 14.0 Å². The molecule has 0 saturated carbocycles. The smallest absolute Gasteiger partial charge is 0.343 e. The van der Waals surface area contributed by atoms with Gasteiger partial charge < -0.3 is 14.2 Å². The molecule has 0 fully saturated rings. The standard InChI is InChI=1S/C23H15FO5/c1-27-17-7-3-5-15(12-17)23(26)28-18-8-9-19-20(13-18)29-21(22(19)25)11-14-4-2-6-16(24)10-14/h2-13H,1H3. The Balaban J connectivity index is 1.55. The van der Waals surface area contributed by atoms with Gasteiger partial charge in [0.1, 0.15) is 23.1 Å². The third kappa shape index (κ3) is 3.87. The Hall–Kier alpha value is -3.93. The maximum absolute atomic E-state index is 13.4. The zero-order valence-corrected chi connectivity index (χ0v) is 15.3. The fraction of sp³-hybridized carbons (Fsp3) is 0.0435. The van der Waals surface area contributed by atoms with Crippen molar-refractivity contribution in [3.8, 4) is 17.2 Å². The molecule has 5 nitrogen and oxygen atoms in total. The number of rotatable bonds is 4. The van der Waals surface area contributed by atoms with Crippen LogP contribution in [-0.2, 0) is 0 Å². The molecule has 0 aromatic heterocycles. The van der Waals surface area contributed by atoms with Crippen LogP contribution in [0.4, 0.5) is 4.39 Å². The van der Waals surface area contributed by atoms with Crippen molar-refractivity contribution in [1.29, 1.82) is 0 Å². The van der Waals surface area contributed by atoms with Crippen LogP contribution in [0.25, 0.3) is 6.08 Å². The fourth-order valence-corrected chi connectivity index (χ4v) is 2.89. The highest BCUT2D eigenvalue weighted by Crippen LogP contribution is 2.35. The number of carbonyl (C=O) groups is 2. The van der Waals surface area contributed by atoms with Gasteiger partial charge in [0.15, 0.2) is 5.76 Å². The number of methoxy groups -OCH3 is 1. The summed E-state index contributed by atoms with van der Waals surface area (Å²) in [5.74, 6) is -0.186. The lowest BCUT2D eigenvalue weighted by atomic mass is 10.1. The molecular formula is C23H15FO5. The van der Waals surface area contributed by atoms with Crippen molar-refractivity contribution in [2.24, 2.45) is 0 Å². The summed E-state index contributed by atoms with van der Waals surface area (Å²) in [6, 6.07) is 16.9. The summed E-state index contributed by atoms with van der Waals surface area (Å²) >= 11 is 0. The molecule has 6 heteroatoms. The lowest BCUT2D eigenvalue weighted by Crippen LogP contribution is -2.08. The highest BCUT2D eigenvalue weighted by Gasteiger charge is 2.28. The highest BCUT2D eigenvalue weighted by molar-refractivity contribution is 6.14. The molecular weight excluding hydrogens is 375 g/mol. The Morgan fingerprint density at radius 3 is 2.62 bits per heavy atom. The largest absolute Gasteiger partial charge is 0.497 e. The lowest BCUT2D eigenvalue weighted by molar-refractivity contribution is 0.0734. The van der Waals surface area contributed by atoms with Crippen LogP contribution in [0, 0.1) is 5.82 Å². The minimum absolute atomic E-state index is 0.0712. The molecule has 1 aliphatic rings. The van der Waals surface area contributed by atoms with E-state index in [0.717, 1.165) is 0 Å². The number of allylic oxidation sites excluding steroid dienone is 1. The maximum Gasteiger partial charge on any atom is 0.343 e. The molecule has 0 saturated heterocycles. The first kappa shape index (κ1) is 18.4. The first-order valence-electron chi connectivity index (χ1n) is 8.73. The molecule has 0 N–H and O–H groups in total. The fourth-order valence-electron chi connectivity index (χ4n) is 2.89. The van der Waals surface area contributed by atoms with Crippen LogP contribution in [0.3, 0.4) is 0 Å². The van der Waals surface area contributed by atoms with Crippen LogP contribution in [0.5, 0.6) is 17.2 Å². The number of halogens is 1. The molecule has 1 heterocycles. The zero-order chi connectivity index (χ0) is 20.4. The van der Waals surface area contributed by atoms with Gasteiger partial charge in [-0.2, -0.15) is 0 Å². The average Bonchev–Trinajstić information content (AvgIpc) is 3.02. The summed E-state index contributed by atoms with van der Waals surface area (Å²) in [5, 5.41) is 0. The summed E-state index contributed by atoms with van der Waals surface area (Å²) in [7, 11) is 1.51. The predicted octanol–water partition coefficient (Wildman–Crippen LogP) is 4.67. The van der Waals surface area contributed by atoms with Gasteiger partial charge >= 0.3 is 5.97 Å². The van der Waals surface area contributed by atoms with Gasteiger partial charge in [0.2, 0.25) is 5.78 Å². The maximum atomic E-state index is 13.4. The number of fused-ring (bicyclic) bond motifs is 1. The number of benzene rings is 3. The number of Topliss-reactive ketones (excluding diaryl/α,β-unsaturated/α-hetero) is 1. The summed E-state index contributed by atoms with van der Waals surface area (Å²) in [6.45, 7) is 0. The summed E-state index contributed by atoms with van der Waals surface area (Å²) < 4.78 is 29.4.